The average Bonchev–Trinajstić information content (AvgIpc) is 3.62. The highest BCUT2D eigenvalue weighted by molar-refractivity contribution is 6.31. The number of hydrogen-bond acceptors (Lipinski definition) is 5. The molecule has 2 saturated carbocycles. The second-order valence-corrected chi connectivity index (χ2v) is 9.59. The third-order valence-electron chi connectivity index (χ3n) is 7.49. The van der Waals surface area contributed by atoms with Crippen LogP contribution in [0, 0.1) is 35.5 Å². The molecular weight excluding hydrogens is 440 g/mol. The smallest absolute Gasteiger partial charge is 0.254 e. The number of hydrogen-bond donors (Lipinski definition) is 0. The molecule has 168 valence electrons. The minimum absolute atomic E-state index is 0.169. The molecule has 1 heterocycles. The number of halogens is 1. The van der Waals surface area contributed by atoms with Crippen LogP contribution in [0.15, 0.2) is 59.7 Å². The molecule has 0 unspecified atom stereocenters. The van der Waals surface area contributed by atoms with Crippen molar-refractivity contribution in [1.82, 2.24) is 5.01 Å². The van der Waals surface area contributed by atoms with Gasteiger partial charge in [-0.3, -0.25) is 9.59 Å². The highest BCUT2D eigenvalue weighted by Crippen LogP contribution is 2.65. The Bertz CT molecular complexity index is 1170. The van der Waals surface area contributed by atoms with Crippen LogP contribution in [0.1, 0.15) is 17.5 Å². The summed E-state index contributed by atoms with van der Waals surface area (Å²) in [6.07, 6.45) is 6.99. The molecule has 3 fully saturated rings. The van der Waals surface area contributed by atoms with Crippen molar-refractivity contribution in [3.63, 3.8) is 0 Å². The van der Waals surface area contributed by atoms with Crippen LogP contribution in [0.5, 0.6) is 11.5 Å². The number of benzene rings is 2. The standard InChI is InChI=1S/C26H23ClN2O4/c1-32-22-10-14(6-9-21(22)33-13-15-4-2-3-5-20(15)27)12-28-29-25(30)23-16-7-8-17(19-11-18(16)19)24(23)26(29)31/h2-10,12,16-19,23-24H,11,13H2,1H3/b28-12-/t16-,17-,18-,19+,23+,24+/m0/s1. The number of imide groups is 1. The Hall–Kier alpha value is -3.12. The predicted molar refractivity (Wildman–Crippen MR) is 123 cm³/mol. The van der Waals surface area contributed by atoms with Crippen molar-refractivity contribution in [2.45, 2.75) is 13.0 Å². The summed E-state index contributed by atoms with van der Waals surface area (Å²) in [7, 11) is 1.56. The van der Waals surface area contributed by atoms with E-state index in [1.165, 1.54) is 6.21 Å². The minimum atomic E-state index is -0.247. The third-order valence-corrected chi connectivity index (χ3v) is 7.86. The van der Waals surface area contributed by atoms with E-state index >= 15 is 0 Å². The monoisotopic (exact) mass is 462 g/mol. The Kier molecular flexibility index (Phi) is 4.80. The first kappa shape index (κ1) is 20.5. The molecule has 5 aliphatic rings. The van der Waals surface area contributed by atoms with E-state index in [0.29, 0.717) is 40.5 Å². The first-order valence-corrected chi connectivity index (χ1v) is 11.6. The zero-order valence-electron chi connectivity index (χ0n) is 18.1. The van der Waals surface area contributed by atoms with Gasteiger partial charge in [-0.2, -0.15) is 10.1 Å². The molecule has 2 aromatic carbocycles. The number of nitrogens with zero attached hydrogens (tertiary/aromatic N) is 2. The molecule has 33 heavy (non-hydrogen) atoms. The summed E-state index contributed by atoms with van der Waals surface area (Å²) in [6, 6.07) is 12.9. The van der Waals surface area contributed by atoms with E-state index in [1.54, 1.807) is 19.2 Å². The number of carbonyl (C=O) groups is 2. The molecule has 2 aromatic rings. The van der Waals surface area contributed by atoms with Crippen molar-refractivity contribution in [3.8, 4) is 11.5 Å². The number of ether oxygens (including phenoxy) is 2. The summed E-state index contributed by atoms with van der Waals surface area (Å²) in [5, 5.41) is 6.02. The van der Waals surface area contributed by atoms with Crippen molar-refractivity contribution >= 4 is 29.6 Å². The van der Waals surface area contributed by atoms with Gasteiger partial charge >= 0.3 is 0 Å². The number of methoxy groups -OCH3 is 1. The Morgan fingerprint density at radius 1 is 1.03 bits per heavy atom. The maximum absolute atomic E-state index is 13.1. The Morgan fingerprint density at radius 2 is 1.73 bits per heavy atom. The molecular formula is C26H23ClN2O4. The number of hydrazone groups is 1. The van der Waals surface area contributed by atoms with Gasteiger partial charge in [0.05, 0.1) is 25.2 Å². The van der Waals surface area contributed by atoms with Crippen LogP contribution in [0.25, 0.3) is 0 Å². The topological polar surface area (TPSA) is 68.2 Å². The van der Waals surface area contributed by atoms with E-state index in [-0.39, 0.29) is 35.5 Å². The van der Waals surface area contributed by atoms with Crippen molar-refractivity contribution in [3.05, 3.63) is 70.8 Å². The summed E-state index contributed by atoms with van der Waals surface area (Å²) in [5.41, 5.74) is 1.58. The Labute approximate surface area is 196 Å². The summed E-state index contributed by atoms with van der Waals surface area (Å²) in [6.45, 7) is 0.307. The maximum atomic E-state index is 13.1. The van der Waals surface area contributed by atoms with Gasteiger partial charge in [0.1, 0.15) is 6.61 Å². The lowest BCUT2D eigenvalue weighted by Gasteiger charge is -2.37. The minimum Gasteiger partial charge on any atom is -0.493 e. The quantitative estimate of drug-likeness (QED) is 0.364. The van der Waals surface area contributed by atoms with E-state index in [4.69, 9.17) is 21.1 Å². The number of rotatable bonds is 6. The molecule has 0 N–H and O–H groups in total. The van der Waals surface area contributed by atoms with Gasteiger partial charge < -0.3 is 9.47 Å². The predicted octanol–water partition coefficient (Wildman–Crippen LogP) is 4.31. The van der Waals surface area contributed by atoms with E-state index in [0.717, 1.165) is 17.0 Å². The number of carbonyl (C=O) groups excluding carboxylic acids is 2. The van der Waals surface area contributed by atoms with E-state index in [1.807, 2.05) is 30.3 Å². The van der Waals surface area contributed by atoms with Crippen LogP contribution in [0.4, 0.5) is 0 Å². The van der Waals surface area contributed by atoms with Crippen molar-refractivity contribution in [1.29, 1.82) is 0 Å². The SMILES string of the molecule is COc1cc(/C=N\N2C(=O)[C@@H]3[C@H]4C=C[C@@H]([C@@H]5C[C@H]45)[C@H]3C2=O)ccc1OCc1ccccc1Cl. The highest BCUT2D eigenvalue weighted by Gasteiger charge is 2.67. The fourth-order valence-electron chi connectivity index (χ4n) is 5.83. The van der Waals surface area contributed by atoms with Crippen LogP contribution < -0.4 is 9.47 Å². The molecule has 0 spiro atoms. The van der Waals surface area contributed by atoms with Crippen LogP contribution >= 0.6 is 11.6 Å². The Balaban J connectivity index is 1.18. The molecule has 2 bridgehead atoms. The van der Waals surface area contributed by atoms with Crippen molar-refractivity contribution in [2.24, 2.45) is 40.6 Å². The van der Waals surface area contributed by atoms with E-state index in [9.17, 15) is 9.59 Å². The zero-order valence-corrected chi connectivity index (χ0v) is 18.8. The van der Waals surface area contributed by atoms with Crippen LogP contribution in [-0.2, 0) is 16.2 Å². The first-order chi connectivity index (χ1) is 16.1. The van der Waals surface area contributed by atoms with Crippen molar-refractivity contribution < 1.29 is 19.1 Å². The van der Waals surface area contributed by atoms with Gasteiger partial charge in [-0.15, -0.1) is 0 Å². The zero-order chi connectivity index (χ0) is 22.7. The van der Waals surface area contributed by atoms with Gasteiger partial charge in [0.15, 0.2) is 11.5 Å². The molecule has 6 nitrogen and oxygen atoms in total. The van der Waals surface area contributed by atoms with E-state index < -0.39 is 0 Å². The lowest BCUT2D eigenvalue weighted by Crippen LogP contribution is -2.40. The molecule has 7 heteroatoms. The summed E-state index contributed by atoms with van der Waals surface area (Å²) in [4.78, 5) is 26.1. The lowest BCUT2D eigenvalue weighted by atomic mass is 9.63. The Morgan fingerprint density at radius 3 is 2.39 bits per heavy atom. The van der Waals surface area contributed by atoms with Gasteiger partial charge in [0, 0.05) is 10.6 Å². The molecule has 7 rings (SSSR count). The van der Waals surface area contributed by atoms with Crippen LogP contribution in [0.2, 0.25) is 5.02 Å². The normalized spacial score (nSPS) is 31.2. The summed E-state index contributed by atoms with van der Waals surface area (Å²) < 4.78 is 11.4. The van der Waals surface area contributed by atoms with Gasteiger partial charge in [-0.25, -0.2) is 0 Å². The fraction of sp³-hybridized carbons (Fsp3) is 0.346. The highest BCUT2D eigenvalue weighted by atomic mass is 35.5. The molecule has 4 aliphatic carbocycles. The largest absolute Gasteiger partial charge is 0.493 e. The van der Waals surface area contributed by atoms with Crippen molar-refractivity contribution in [2.75, 3.05) is 7.11 Å². The lowest BCUT2D eigenvalue weighted by molar-refractivity contribution is -0.140. The molecule has 6 atom stereocenters. The molecule has 0 aromatic heterocycles. The molecule has 2 amide bonds. The number of amides is 2. The molecule has 0 radical (unpaired) electrons. The fourth-order valence-corrected chi connectivity index (χ4v) is 6.02. The maximum Gasteiger partial charge on any atom is 0.254 e. The van der Waals surface area contributed by atoms with Crippen LogP contribution in [0.3, 0.4) is 0 Å². The second kappa shape index (κ2) is 7.73. The average molecular weight is 463 g/mol. The number of allylic oxidation sites excluding steroid dienone is 2. The summed E-state index contributed by atoms with van der Waals surface area (Å²) >= 11 is 6.20. The van der Waals surface area contributed by atoms with Gasteiger partial charge in [0.25, 0.3) is 11.8 Å². The van der Waals surface area contributed by atoms with Crippen LogP contribution in [-0.4, -0.2) is 30.1 Å². The first-order valence-electron chi connectivity index (χ1n) is 11.2. The third kappa shape index (κ3) is 3.27. The van der Waals surface area contributed by atoms with Gasteiger partial charge in [-0.05, 0) is 59.9 Å². The molecule has 1 aliphatic heterocycles. The molecule has 1 saturated heterocycles. The second-order valence-electron chi connectivity index (χ2n) is 9.18. The van der Waals surface area contributed by atoms with Gasteiger partial charge in [0.2, 0.25) is 0 Å². The van der Waals surface area contributed by atoms with Gasteiger partial charge in [-0.1, -0.05) is 42.0 Å². The summed E-state index contributed by atoms with van der Waals surface area (Å²) in [5.74, 6) is 1.79. The van der Waals surface area contributed by atoms with E-state index in [2.05, 4.69) is 17.3 Å².